The lowest BCUT2D eigenvalue weighted by molar-refractivity contribution is 0.412. The number of guanidine groups is 1. The monoisotopic (exact) mass is 401 g/mol. The van der Waals surface area contributed by atoms with Crippen LogP contribution >= 0.6 is 24.0 Å². The first-order chi connectivity index (χ1) is 8.58. The van der Waals surface area contributed by atoms with E-state index in [1.165, 1.54) is 19.3 Å². The lowest BCUT2D eigenvalue weighted by Gasteiger charge is -2.23. The molecule has 2 fully saturated rings. The molecule has 0 amide bonds. The van der Waals surface area contributed by atoms with E-state index in [2.05, 4.69) is 10.3 Å². The average molecular weight is 401 g/mol. The summed E-state index contributed by atoms with van der Waals surface area (Å²) in [7, 11) is -2.91. The lowest BCUT2D eigenvalue weighted by atomic mass is 9.96. The van der Waals surface area contributed by atoms with Gasteiger partial charge in [0.25, 0.3) is 0 Å². The Bertz CT molecular complexity index is 405. The number of halogens is 1. The second-order valence-corrected chi connectivity index (χ2v) is 7.74. The molecular formula is C12H24IN3O2S. The average Bonchev–Trinajstić information content (AvgIpc) is 2.67. The summed E-state index contributed by atoms with van der Waals surface area (Å²) in [6.07, 6.45) is 7.54. The quantitative estimate of drug-likeness (QED) is 0.426. The predicted molar refractivity (Wildman–Crippen MR) is 88.7 cm³/mol. The van der Waals surface area contributed by atoms with Gasteiger partial charge in [0.05, 0.1) is 17.5 Å². The molecule has 1 heterocycles. The van der Waals surface area contributed by atoms with Gasteiger partial charge in [-0.2, -0.15) is 0 Å². The molecule has 1 saturated carbocycles. The number of nitrogens with zero attached hydrogens (tertiary/aromatic N) is 1. The fraction of sp³-hybridized carbons (Fsp3) is 0.917. The maximum Gasteiger partial charge on any atom is 0.188 e. The predicted octanol–water partition coefficient (Wildman–Crippen LogP) is 1.42. The Morgan fingerprint density at radius 1 is 1.16 bits per heavy atom. The normalized spacial score (nSPS) is 27.8. The molecule has 112 valence electrons. The highest BCUT2D eigenvalue weighted by Gasteiger charge is 2.30. The fourth-order valence-corrected chi connectivity index (χ4v) is 4.49. The van der Waals surface area contributed by atoms with Crippen LogP contribution in [0.25, 0.3) is 0 Å². The molecule has 1 atom stereocenters. The smallest absolute Gasteiger partial charge is 0.188 e. The van der Waals surface area contributed by atoms with Crippen LogP contribution in [0.3, 0.4) is 0 Å². The van der Waals surface area contributed by atoms with Crippen LogP contribution < -0.4 is 11.1 Å². The Morgan fingerprint density at radius 3 is 2.42 bits per heavy atom. The Balaban J connectivity index is 0.00000180. The highest BCUT2D eigenvalue weighted by atomic mass is 127. The summed E-state index contributed by atoms with van der Waals surface area (Å²) in [5.74, 6) is 0.715. The van der Waals surface area contributed by atoms with Crippen molar-refractivity contribution in [2.45, 2.75) is 56.2 Å². The number of sulfone groups is 1. The van der Waals surface area contributed by atoms with E-state index in [9.17, 15) is 8.42 Å². The lowest BCUT2D eigenvalue weighted by Crippen LogP contribution is -2.41. The van der Waals surface area contributed by atoms with Gasteiger partial charge in [0.15, 0.2) is 15.8 Å². The molecule has 5 nitrogen and oxygen atoms in total. The van der Waals surface area contributed by atoms with Crippen molar-refractivity contribution in [1.82, 2.24) is 5.32 Å². The number of nitrogens with two attached hydrogens (primary N) is 1. The first-order valence-corrected chi connectivity index (χ1v) is 8.57. The Labute approximate surface area is 132 Å². The standard InChI is InChI=1S/C12H23N3O2S.HI/c13-12(15-10-5-2-1-3-6-10)14-9-11-7-4-8-18(11,16)17;/h10-11H,1-9H2,(H3,13,14,15);1H. The zero-order chi connectivity index (χ0) is 13.0. The molecule has 1 aliphatic carbocycles. The maximum absolute atomic E-state index is 11.6. The summed E-state index contributed by atoms with van der Waals surface area (Å²) < 4.78 is 23.3. The number of aliphatic imine (C=N–C) groups is 1. The number of hydrogen-bond acceptors (Lipinski definition) is 3. The Morgan fingerprint density at radius 2 is 1.84 bits per heavy atom. The van der Waals surface area contributed by atoms with Crippen LogP contribution in [0, 0.1) is 0 Å². The highest BCUT2D eigenvalue weighted by Crippen LogP contribution is 2.20. The van der Waals surface area contributed by atoms with Gasteiger partial charge in [-0.15, -0.1) is 24.0 Å². The fourth-order valence-electron chi connectivity index (χ4n) is 2.77. The van der Waals surface area contributed by atoms with Gasteiger partial charge in [-0.25, -0.2) is 8.42 Å². The van der Waals surface area contributed by atoms with Gasteiger partial charge in [0.1, 0.15) is 0 Å². The minimum atomic E-state index is -2.91. The van der Waals surface area contributed by atoms with Crippen LogP contribution in [-0.4, -0.2) is 38.0 Å². The Hall–Kier alpha value is -0.0500. The summed E-state index contributed by atoms with van der Waals surface area (Å²) in [4.78, 5) is 4.20. The second kappa shape index (κ2) is 7.66. The van der Waals surface area contributed by atoms with E-state index in [4.69, 9.17) is 5.73 Å². The zero-order valence-electron chi connectivity index (χ0n) is 11.2. The van der Waals surface area contributed by atoms with Crippen molar-refractivity contribution in [3.63, 3.8) is 0 Å². The van der Waals surface area contributed by atoms with Crippen molar-refractivity contribution >= 4 is 39.8 Å². The molecule has 0 spiro atoms. The van der Waals surface area contributed by atoms with E-state index in [0.717, 1.165) is 25.7 Å². The van der Waals surface area contributed by atoms with Crippen LogP contribution in [0.15, 0.2) is 4.99 Å². The van der Waals surface area contributed by atoms with E-state index in [1.54, 1.807) is 0 Å². The minimum Gasteiger partial charge on any atom is -0.370 e. The van der Waals surface area contributed by atoms with Crippen LogP contribution in [-0.2, 0) is 9.84 Å². The summed E-state index contributed by atoms with van der Waals surface area (Å²) >= 11 is 0. The van der Waals surface area contributed by atoms with Gasteiger partial charge >= 0.3 is 0 Å². The zero-order valence-corrected chi connectivity index (χ0v) is 14.3. The van der Waals surface area contributed by atoms with Gasteiger partial charge in [-0.3, -0.25) is 4.99 Å². The molecule has 0 aromatic heterocycles. The minimum absolute atomic E-state index is 0. The molecule has 3 N–H and O–H groups in total. The summed E-state index contributed by atoms with van der Waals surface area (Å²) in [5.41, 5.74) is 5.82. The summed E-state index contributed by atoms with van der Waals surface area (Å²) in [5, 5.41) is 2.89. The first-order valence-electron chi connectivity index (χ1n) is 6.86. The van der Waals surface area contributed by atoms with E-state index in [-0.39, 0.29) is 29.2 Å². The molecule has 0 radical (unpaired) electrons. The summed E-state index contributed by atoms with van der Waals surface area (Å²) in [6, 6.07) is 0.419. The molecule has 1 saturated heterocycles. The largest absolute Gasteiger partial charge is 0.370 e. The van der Waals surface area contributed by atoms with Crippen molar-refractivity contribution in [3.05, 3.63) is 0 Å². The number of nitrogens with one attached hydrogen (secondary N) is 1. The van der Waals surface area contributed by atoms with Crippen LogP contribution in [0.1, 0.15) is 44.9 Å². The second-order valence-electron chi connectivity index (χ2n) is 5.34. The highest BCUT2D eigenvalue weighted by molar-refractivity contribution is 14.0. The first kappa shape index (κ1) is 17.0. The third kappa shape index (κ3) is 5.09. The molecule has 0 bridgehead atoms. The van der Waals surface area contributed by atoms with Crippen LogP contribution in [0.2, 0.25) is 0 Å². The third-order valence-electron chi connectivity index (χ3n) is 3.89. The van der Waals surface area contributed by atoms with Crippen molar-refractivity contribution < 1.29 is 8.42 Å². The van der Waals surface area contributed by atoms with Gasteiger partial charge < -0.3 is 11.1 Å². The van der Waals surface area contributed by atoms with Gasteiger partial charge in [0, 0.05) is 6.04 Å². The van der Waals surface area contributed by atoms with Crippen molar-refractivity contribution in [3.8, 4) is 0 Å². The maximum atomic E-state index is 11.6. The molecule has 2 aliphatic rings. The summed E-state index contributed by atoms with van der Waals surface area (Å²) in [6.45, 7) is 0.313. The number of rotatable bonds is 3. The van der Waals surface area contributed by atoms with Gasteiger partial charge in [-0.1, -0.05) is 19.3 Å². The SMILES string of the molecule is I.NC(=NCC1CCCS1(=O)=O)NC1CCCCC1. The molecule has 19 heavy (non-hydrogen) atoms. The van der Waals surface area contributed by atoms with Crippen LogP contribution in [0.5, 0.6) is 0 Å². The van der Waals surface area contributed by atoms with E-state index in [0.29, 0.717) is 24.3 Å². The molecule has 0 aromatic carbocycles. The van der Waals surface area contributed by atoms with E-state index < -0.39 is 9.84 Å². The van der Waals surface area contributed by atoms with Crippen LogP contribution in [0.4, 0.5) is 0 Å². The molecular weight excluding hydrogens is 377 g/mol. The van der Waals surface area contributed by atoms with Crippen molar-refractivity contribution in [2.75, 3.05) is 12.3 Å². The van der Waals surface area contributed by atoms with Crippen molar-refractivity contribution in [1.29, 1.82) is 0 Å². The molecule has 2 rings (SSSR count). The van der Waals surface area contributed by atoms with Gasteiger partial charge in [0.2, 0.25) is 0 Å². The van der Waals surface area contributed by atoms with E-state index in [1.807, 2.05) is 0 Å². The third-order valence-corrected chi connectivity index (χ3v) is 6.14. The molecule has 0 aromatic rings. The van der Waals surface area contributed by atoms with E-state index >= 15 is 0 Å². The molecule has 1 aliphatic heterocycles. The Kier molecular flexibility index (Phi) is 6.85. The molecule has 7 heteroatoms. The topological polar surface area (TPSA) is 84.5 Å². The van der Waals surface area contributed by atoms with Gasteiger partial charge in [-0.05, 0) is 25.7 Å². The van der Waals surface area contributed by atoms with Crippen molar-refractivity contribution in [2.24, 2.45) is 10.7 Å². The molecule has 1 unspecified atom stereocenters. The number of hydrogen-bond donors (Lipinski definition) is 2.